The Morgan fingerprint density at radius 1 is 1.40 bits per heavy atom. The van der Waals surface area contributed by atoms with Crippen molar-refractivity contribution in [2.45, 2.75) is 31.3 Å². The first-order valence-electron chi connectivity index (χ1n) is 9.59. The van der Waals surface area contributed by atoms with E-state index in [1.807, 2.05) is 35.0 Å². The van der Waals surface area contributed by atoms with Crippen molar-refractivity contribution in [2.24, 2.45) is 5.92 Å². The molecule has 2 heterocycles. The maximum absolute atomic E-state index is 14.3. The normalized spacial score (nSPS) is 23.5. The molecular weight excluding hydrogens is 407 g/mol. The Morgan fingerprint density at radius 3 is 2.97 bits per heavy atom. The van der Waals surface area contributed by atoms with E-state index in [-0.39, 0.29) is 17.2 Å². The molecule has 4 atom stereocenters. The first-order valence-corrected chi connectivity index (χ1v) is 9.97. The van der Waals surface area contributed by atoms with Gasteiger partial charge in [0.15, 0.2) is 5.78 Å². The first-order chi connectivity index (χ1) is 14.4. The number of halogens is 2. The van der Waals surface area contributed by atoms with Gasteiger partial charge >= 0.3 is 0 Å². The summed E-state index contributed by atoms with van der Waals surface area (Å²) >= 11 is 6.03. The minimum absolute atomic E-state index is 0.242. The predicted molar refractivity (Wildman–Crippen MR) is 112 cm³/mol. The highest BCUT2D eigenvalue weighted by Gasteiger charge is 2.41. The van der Waals surface area contributed by atoms with Crippen LogP contribution in [-0.4, -0.2) is 43.7 Å². The number of ketones is 1. The Bertz CT molecular complexity index is 1060. The standard InChI is InChI=1S/C22H21ClFN4O2/c1-13-7-18(19(24)20(13)29)27-22-17(9-25-12-26-22)21(30)15-5-6-28(11-15)10-14-3-2-4-16(23)8-14/h2-6,8-9,11-13,18-20,29H,1,7,10H2,(H,25,26,27)/t13-,18-,19-,20-/m1/s1. The minimum atomic E-state index is -1.48. The topological polar surface area (TPSA) is 80.0 Å². The lowest BCUT2D eigenvalue weighted by Crippen LogP contribution is -2.32. The van der Waals surface area contributed by atoms with E-state index < -0.39 is 24.2 Å². The lowest BCUT2D eigenvalue weighted by Gasteiger charge is -2.18. The number of nitrogens with zero attached hydrogens (tertiary/aromatic N) is 3. The van der Waals surface area contributed by atoms with Crippen LogP contribution in [-0.2, 0) is 6.54 Å². The molecule has 30 heavy (non-hydrogen) atoms. The Labute approximate surface area is 178 Å². The highest BCUT2D eigenvalue weighted by molar-refractivity contribution is 6.30. The number of aromatic nitrogens is 3. The van der Waals surface area contributed by atoms with Gasteiger partial charge in [-0.05, 0) is 43.0 Å². The van der Waals surface area contributed by atoms with Gasteiger partial charge in [-0.25, -0.2) is 14.4 Å². The maximum Gasteiger partial charge on any atom is 0.199 e. The van der Waals surface area contributed by atoms with E-state index in [1.54, 1.807) is 12.3 Å². The molecule has 0 saturated heterocycles. The number of nitrogens with one attached hydrogen (secondary N) is 1. The second-order valence-electron chi connectivity index (χ2n) is 7.50. The van der Waals surface area contributed by atoms with E-state index in [9.17, 15) is 14.3 Å². The van der Waals surface area contributed by atoms with Crippen molar-refractivity contribution < 1.29 is 14.3 Å². The Morgan fingerprint density at radius 2 is 2.23 bits per heavy atom. The van der Waals surface area contributed by atoms with Gasteiger partial charge in [-0.15, -0.1) is 0 Å². The molecule has 1 aliphatic carbocycles. The monoisotopic (exact) mass is 427 g/mol. The second-order valence-corrected chi connectivity index (χ2v) is 7.93. The van der Waals surface area contributed by atoms with Gasteiger partial charge in [0.1, 0.15) is 18.3 Å². The molecule has 155 valence electrons. The molecule has 0 amide bonds. The summed E-state index contributed by atoms with van der Waals surface area (Å²) in [5.74, 6) is -0.450. The van der Waals surface area contributed by atoms with Crippen LogP contribution in [0.15, 0.2) is 55.2 Å². The fourth-order valence-corrected chi connectivity index (χ4v) is 3.91. The van der Waals surface area contributed by atoms with Crippen LogP contribution in [0.2, 0.25) is 5.02 Å². The van der Waals surface area contributed by atoms with Crippen molar-refractivity contribution in [1.82, 2.24) is 14.5 Å². The van der Waals surface area contributed by atoms with E-state index in [1.165, 1.54) is 12.5 Å². The molecule has 1 saturated carbocycles. The van der Waals surface area contributed by atoms with Gasteiger partial charge in [0.25, 0.3) is 0 Å². The molecule has 2 aromatic heterocycles. The predicted octanol–water partition coefficient (Wildman–Crippen LogP) is 3.54. The molecule has 1 radical (unpaired) electrons. The van der Waals surface area contributed by atoms with Crippen molar-refractivity contribution in [3.05, 3.63) is 83.9 Å². The molecule has 1 fully saturated rings. The molecular formula is C22H21ClFN4O2. The summed E-state index contributed by atoms with van der Waals surface area (Å²) in [6, 6.07) is 8.56. The van der Waals surface area contributed by atoms with Crippen molar-refractivity contribution >= 4 is 23.2 Å². The number of aliphatic hydroxyl groups is 1. The van der Waals surface area contributed by atoms with Crippen LogP contribution in [0.4, 0.5) is 10.2 Å². The second kappa shape index (κ2) is 8.53. The Hall–Kier alpha value is -2.77. The van der Waals surface area contributed by atoms with Crippen LogP contribution in [0, 0.1) is 12.8 Å². The lowest BCUT2D eigenvalue weighted by molar-refractivity contribution is 0.0793. The SMILES string of the molecule is [CH2][C@@H]1C[C@@H](Nc2ncncc2C(=O)c2ccn(Cc3cccc(Cl)c3)c2)[C@@H](F)[C@@H]1O. The van der Waals surface area contributed by atoms with Gasteiger partial charge in [-0.3, -0.25) is 4.79 Å². The highest BCUT2D eigenvalue weighted by Crippen LogP contribution is 2.31. The fraction of sp³-hybridized carbons (Fsp3) is 0.273. The molecule has 0 aliphatic heterocycles. The Kier molecular flexibility index (Phi) is 5.83. The molecule has 4 rings (SSSR count). The van der Waals surface area contributed by atoms with Gasteiger partial charge < -0.3 is 15.0 Å². The Balaban J connectivity index is 1.52. The van der Waals surface area contributed by atoms with Crippen LogP contribution in [0.1, 0.15) is 27.9 Å². The summed E-state index contributed by atoms with van der Waals surface area (Å²) in [5.41, 5.74) is 1.72. The average Bonchev–Trinajstić information content (AvgIpc) is 3.29. The first kappa shape index (κ1) is 20.5. The lowest BCUT2D eigenvalue weighted by atomic mass is 10.1. The number of benzene rings is 1. The molecule has 1 aliphatic rings. The largest absolute Gasteiger partial charge is 0.390 e. The van der Waals surface area contributed by atoms with Crippen LogP contribution < -0.4 is 5.32 Å². The van der Waals surface area contributed by atoms with Gasteiger partial charge in [-0.2, -0.15) is 0 Å². The van der Waals surface area contributed by atoms with E-state index >= 15 is 0 Å². The number of carbonyl (C=O) groups is 1. The van der Waals surface area contributed by atoms with Crippen LogP contribution in [0.3, 0.4) is 0 Å². The molecule has 1 aromatic carbocycles. The quantitative estimate of drug-likeness (QED) is 0.588. The molecule has 0 bridgehead atoms. The number of hydrogen-bond acceptors (Lipinski definition) is 5. The zero-order valence-corrected chi connectivity index (χ0v) is 16.8. The number of aliphatic hydroxyl groups excluding tert-OH is 1. The third-order valence-electron chi connectivity index (χ3n) is 5.30. The van der Waals surface area contributed by atoms with E-state index in [4.69, 9.17) is 11.6 Å². The number of alkyl halides is 1. The van der Waals surface area contributed by atoms with Crippen molar-refractivity contribution in [2.75, 3.05) is 5.32 Å². The van der Waals surface area contributed by atoms with Crippen molar-refractivity contribution in [3.63, 3.8) is 0 Å². The summed E-state index contributed by atoms with van der Waals surface area (Å²) in [5, 5.41) is 13.4. The maximum atomic E-state index is 14.3. The molecule has 2 N–H and O–H groups in total. The van der Waals surface area contributed by atoms with Gasteiger partial charge in [0.05, 0.1) is 17.7 Å². The number of carbonyl (C=O) groups excluding carboxylic acids is 1. The van der Waals surface area contributed by atoms with Crippen molar-refractivity contribution in [3.8, 4) is 0 Å². The average molecular weight is 428 g/mol. The summed E-state index contributed by atoms with van der Waals surface area (Å²) in [4.78, 5) is 21.1. The summed E-state index contributed by atoms with van der Waals surface area (Å²) in [7, 11) is 0. The zero-order valence-electron chi connectivity index (χ0n) is 16.1. The third-order valence-corrected chi connectivity index (χ3v) is 5.53. The summed E-state index contributed by atoms with van der Waals surface area (Å²) in [6.07, 6.45) is 3.98. The number of anilines is 1. The van der Waals surface area contributed by atoms with E-state index in [0.29, 0.717) is 23.6 Å². The highest BCUT2D eigenvalue weighted by atomic mass is 35.5. The molecule has 3 aromatic rings. The molecule has 0 spiro atoms. The summed E-state index contributed by atoms with van der Waals surface area (Å²) < 4.78 is 16.2. The summed E-state index contributed by atoms with van der Waals surface area (Å²) in [6.45, 7) is 4.34. The van der Waals surface area contributed by atoms with E-state index in [0.717, 1.165) is 5.56 Å². The smallest absolute Gasteiger partial charge is 0.199 e. The van der Waals surface area contributed by atoms with Crippen LogP contribution in [0.25, 0.3) is 0 Å². The zero-order chi connectivity index (χ0) is 21.3. The van der Waals surface area contributed by atoms with E-state index in [2.05, 4.69) is 22.2 Å². The molecule has 0 unspecified atom stereocenters. The van der Waals surface area contributed by atoms with Gasteiger partial charge in [0.2, 0.25) is 0 Å². The minimum Gasteiger partial charge on any atom is -0.390 e. The molecule has 8 heteroatoms. The molecule has 6 nitrogen and oxygen atoms in total. The van der Waals surface area contributed by atoms with Crippen molar-refractivity contribution in [1.29, 1.82) is 0 Å². The number of rotatable bonds is 6. The van der Waals surface area contributed by atoms with Gasteiger partial charge in [0, 0.05) is 35.7 Å². The van der Waals surface area contributed by atoms with Gasteiger partial charge in [-0.1, -0.05) is 23.7 Å². The number of hydrogen-bond donors (Lipinski definition) is 2. The third kappa shape index (κ3) is 4.22. The fourth-order valence-electron chi connectivity index (χ4n) is 3.69. The van der Waals surface area contributed by atoms with Crippen LogP contribution in [0.5, 0.6) is 0 Å². The van der Waals surface area contributed by atoms with Crippen LogP contribution >= 0.6 is 11.6 Å².